The molecule has 0 radical (unpaired) electrons. The smallest absolute Gasteiger partial charge is 0.264 e. The van der Waals surface area contributed by atoms with Gasteiger partial charge in [-0.05, 0) is 6.92 Å². The van der Waals surface area contributed by atoms with Gasteiger partial charge in [-0.2, -0.15) is 8.42 Å². The fourth-order valence-corrected chi connectivity index (χ4v) is 1.48. The Hall–Kier alpha value is -0.130. The lowest BCUT2D eigenvalue weighted by molar-refractivity contribution is 0.102. The van der Waals surface area contributed by atoms with Crippen LogP contribution in [0.3, 0.4) is 0 Å². The van der Waals surface area contributed by atoms with Crippen LogP contribution in [0.25, 0.3) is 0 Å². The van der Waals surface area contributed by atoms with Crippen LogP contribution in [0.2, 0.25) is 0 Å². The maximum atomic E-state index is 10.5. The first-order valence-electron chi connectivity index (χ1n) is 3.11. The molecular weight excluding hydrogens is 154 g/mol. The molecule has 1 fully saturated rings. The topological polar surface area (TPSA) is 55.4 Å². The highest BCUT2D eigenvalue weighted by Crippen LogP contribution is 2.09. The molecule has 1 aliphatic heterocycles. The lowest BCUT2D eigenvalue weighted by Crippen LogP contribution is -2.57. The monoisotopic (exact) mass is 165 g/mol. The molecule has 2 unspecified atom stereocenters. The van der Waals surface area contributed by atoms with Crippen molar-refractivity contribution in [3.8, 4) is 0 Å². The Labute approximate surface area is 60.7 Å². The molecule has 0 amide bonds. The van der Waals surface area contributed by atoms with Gasteiger partial charge >= 0.3 is 0 Å². The Morgan fingerprint density at radius 2 is 2.20 bits per heavy atom. The maximum absolute atomic E-state index is 10.5. The third-order valence-electron chi connectivity index (χ3n) is 1.50. The fourth-order valence-electron chi connectivity index (χ4n) is 0.792. The predicted molar refractivity (Wildman–Crippen MR) is 37.2 cm³/mol. The molecule has 0 bridgehead atoms. The highest BCUT2D eigenvalue weighted by Gasteiger charge is 2.29. The summed E-state index contributed by atoms with van der Waals surface area (Å²) >= 11 is 0. The number of nitrogens with one attached hydrogen (secondary N) is 1. The van der Waals surface area contributed by atoms with E-state index in [2.05, 4.69) is 5.32 Å². The first-order valence-corrected chi connectivity index (χ1v) is 4.92. The van der Waals surface area contributed by atoms with E-state index < -0.39 is 10.1 Å². The molecule has 0 spiro atoms. The van der Waals surface area contributed by atoms with E-state index in [0.717, 1.165) is 6.26 Å². The second-order valence-corrected chi connectivity index (χ2v) is 4.14. The summed E-state index contributed by atoms with van der Waals surface area (Å²) in [4.78, 5) is 0. The average Bonchev–Trinajstić information content (AvgIpc) is 1.78. The molecule has 0 aromatic rings. The third-order valence-corrected chi connectivity index (χ3v) is 2.09. The molecule has 0 aromatic carbocycles. The molecule has 0 aliphatic carbocycles. The molecule has 2 atom stereocenters. The Bertz CT molecular complexity index is 211. The highest BCUT2D eigenvalue weighted by atomic mass is 32.2. The zero-order chi connectivity index (χ0) is 7.78. The van der Waals surface area contributed by atoms with Crippen molar-refractivity contribution in [2.24, 2.45) is 0 Å². The fraction of sp³-hybridized carbons (Fsp3) is 1.00. The minimum atomic E-state index is -3.26. The number of hydrogen-bond acceptors (Lipinski definition) is 4. The van der Waals surface area contributed by atoms with E-state index in [1.807, 2.05) is 6.92 Å². The van der Waals surface area contributed by atoms with Crippen molar-refractivity contribution in [2.75, 3.05) is 12.8 Å². The largest absolute Gasteiger partial charge is 0.309 e. The molecule has 60 valence electrons. The normalized spacial score (nSPS) is 33.4. The lowest BCUT2D eigenvalue weighted by Gasteiger charge is -2.33. The molecular formula is C5H11NO3S. The van der Waals surface area contributed by atoms with Gasteiger partial charge < -0.3 is 5.32 Å². The summed E-state index contributed by atoms with van der Waals surface area (Å²) in [6.45, 7) is 2.52. The minimum Gasteiger partial charge on any atom is -0.309 e. The van der Waals surface area contributed by atoms with Gasteiger partial charge in [-0.25, -0.2) is 0 Å². The summed E-state index contributed by atoms with van der Waals surface area (Å²) in [5, 5.41) is 2.99. The van der Waals surface area contributed by atoms with Crippen LogP contribution in [-0.4, -0.2) is 33.4 Å². The minimum absolute atomic E-state index is 0.157. The van der Waals surface area contributed by atoms with E-state index in [0.29, 0.717) is 6.54 Å². The van der Waals surface area contributed by atoms with Gasteiger partial charge in [0.25, 0.3) is 10.1 Å². The van der Waals surface area contributed by atoms with Crippen LogP contribution in [0, 0.1) is 0 Å². The summed E-state index contributed by atoms with van der Waals surface area (Å²) in [7, 11) is -3.26. The summed E-state index contributed by atoms with van der Waals surface area (Å²) in [6.07, 6.45) is 0.910. The van der Waals surface area contributed by atoms with Gasteiger partial charge in [-0.1, -0.05) is 0 Å². The van der Waals surface area contributed by atoms with Crippen molar-refractivity contribution in [1.82, 2.24) is 5.32 Å². The van der Waals surface area contributed by atoms with Crippen LogP contribution in [0.4, 0.5) is 0 Å². The van der Waals surface area contributed by atoms with Crippen LogP contribution < -0.4 is 5.32 Å². The van der Waals surface area contributed by atoms with Gasteiger partial charge in [0, 0.05) is 12.6 Å². The van der Waals surface area contributed by atoms with Crippen LogP contribution in [0.5, 0.6) is 0 Å². The average molecular weight is 165 g/mol. The van der Waals surface area contributed by atoms with Gasteiger partial charge in [-0.3, -0.25) is 4.18 Å². The second-order valence-electron chi connectivity index (χ2n) is 2.54. The van der Waals surface area contributed by atoms with Gasteiger partial charge in [0.1, 0.15) is 6.10 Å². The Morgan fingerprint density at radius 3 is 2.30 bits per heavy atom. The van der Waals surface area contributed by atoms with Crippen LogP contribution >= 0.6 is 0 Å². The molecule has 1 aliphatic rings. The van der Waals surface area contributed by atoms with E-state index >= 15 is 0 Å². The van der Waals surface area contributed by atoms with E-state index in [1.54, 1.807) is 0 Å². The summed E-state index contributed by atoms with van der Waals surface area (Å²) in [6, 6.07) is 0.162. The molecule has 1 N–H and O–H groups in total. The van der Waals surface area contributed by atoms with Crippen LogP contribution in [0.15, 0.2) is 0 Å². The van der Waals surface area contributed by atoms with Gasteiger partial charge in [-0.15, -0.1) is 0 Å². The lowest BCUT2D eigenvalue weighted by atomic mass is 10.1. The van der Waals surface area contributed by atoms with E-state index in [-0.39, 0.29) is 12.1 Å². The van der Waals surface area contributed by atoms with Crippen molar-refractivity contribution >= 4 is 10.1 Å². The second kappa shape index (κ2) is 2.48. The zero-order valence-corrected chi connectivity index (χ0v) is 6.81. The Morgan fingerprint density at radius 1 is 1.60 bits per heavy atom. The SMILES string of the molecule is CC1NCC1OS(C)(=O)=O. The van der Waals surface area contributed by atoms with E-state index in [4.69, 9.17) is 4.18 Å². The molecule has 0 aromatic heterocycles. The van der Waals surface area contributed by atoms with Crippen molar-refractivity contribution < 1.29 is 12.6 Å². The standard InChI is InChI=1S/C5H11NO3S/c1-4-5(3-6-4)9-10(2,7)8/h4-6H,3H2,1-2H3. The van der Waals surface area contributed by atoms with Gasteiger partial charge in [0.2, 0.25) is 0 Å². The molecule has 1 saturated heterocycles. The molecule has 1 heterocycles. The van der Waals surface area contributed by atoms with E-state index in [1.165, 1.54) is 0 Å². The quantitative estimate of drug-likeness (QED) is 0.551. The third kappa shape index (κ3) is 1.93. The molecule has 10 heavy (non-hydrogen) atoms. The van der Waals surface area contributed by atoms with Crippen molar-refractivity contribution in [1.29, 1.82) is 0 Å². The Kier molecular flexibility index (Phi) is 1.98. The molecule has 1 rings (SSSR count). The summed E-state index contributed by atoms with van der Waals surface area (Å²) in [5.74, 6) is 0. The van der Waals surface area contributed by atoms with Crippen molar-refractivity contribution in [3.63, 3.8) is 0 Å². The maximum Gasteiger partial charge on any atom is 0.264 e. The molecule has 0 saturated carbocycles. The highest BCUT2D eigenvalue weighted by molar-refractivity contribution is 7.86. The van der Waals surface area contributed by atoms with Gasteiger partial charge in [0.05, 0.1) is 6.26 Å². The van der Waals surface area contributed by atoms with Gasteiger partial charge in [0.15, 0.2) is 0 Å². The first kappa shape index (κ1) is 7.97. The van der Waals surface area contributed by atoms with E-state index in [9.17, 15) is 8.42 Å². The predicted octanol–water partition coefficient (Wildman–Crippen LogP) is -0.677. The Balaban J connectivity index is 2.40. The molecule has 4 nitrogen and oxygen atoms in total. The van der Waals surface area contributed by atoms with Crippen molar-refractivity contribution in [2.45, 2.75) is 19.1 Å². The summed E-state index contributed by atoms with van der Waals surface area (Å²) < 4.78 is 25.8. The van der Waals surface area contributed by atoms with Crippen LogP contribution in [0.1, 0.15) is 6.92 Å². The number of rotatable bonds is 2. The zero-order valence-electron chi connectivity index (χ0n) is 5.99. The number of hydrogen-bond donors (Lipinski definition) is 1. The van der Waals surface area contributed by atoms with Crippen molar-refractivity contribution in [3.05, 3.63) is 0 Å². The first-order chi connectivity index (χ1) is 4.49. The summed E-state index contributed by atoms with van der Waals surface area (Å²) in [5.41, 5.74) is 0. The van der Waals surface area contributed by atoms with Crippen LogP contribution in [-0.2, 0) is 14.3 Å². The molecule has 5 heteroatoms.